The molecule has 4 heterocycles. The van der Waals surface area contributed by atoms with Crippen LogP contribution in [0.15, 0.2) is 53.8 Å². The molecule has 34 heavy (non-hydrogen) atoms. The Morgan fingerprint density at radius 3 is 2.71 bits per heavy atom. The summed E-state index contributed by atoms with van der Waals surface area (Å²) in [4.78, 5) is 18.8. The summed E-state index contributed by atoms with van der Waals surface area (Å²) >= 11 is 0. The number of aliphatic imine (C=N–C) groups is 1. The number of rotatable bonds is 5. The summed E-state index contributed by atoms with van der Waals surface area (Å²) in [6.45, 7) is 5.53. The van der Waals surface area contributed by atoms with Crippen LogP contribution < -0.4 is 15.0 Å². The number of aromatic nitrogens is 3. The Labute approximate surface area is 196 Å². The third-order valence-corrected chi connectivity index (χ3v) is 5.95. The van der Waals surface area contributed by atoms with E-state index in [4.69, 9.17) is 4.74 Å². The molecular formula is C25H25FN6O2. The zero-order valence-corrected chi connectivity index (χ0v) is 19.0. The maximum absolute atomic E-state index is 14.6. The minimum atomic E-state index is -0.437. The van der Waals surface area contributed by atoms with Crippen LogP contribution in [0, 0.1) is 5.82 Å². The van der Waals surface area contributed by atoms with E-state index in [1.54, 1.807) is 30.6 Å². The van der Waals surface area contributed by atoms with Crippen molar-refractivity contribution in [2.45, 2.75) is 6.92 Å². The number of pyridine rings is 2. The molecule has 0 saturated carbocycles. The van der Waals surface area contributed by atoms with Gasteiger partial charge in [0.2, 0.25) is 0 Å². The molecule has 0 atom stereocenters. The largest absolute Gasteiger partial charge is 0.496 e. The number of ether oxygens (including phenoxy) is 1. The van der Waals surface area contributed by atoms with E-state index in [1.165, 1.54) is 13.2 Å². The fourth-order valence-electron chi connectivity index (χ4n) is 4.28. The summed E-state index contributed by atoms with van der Waals surface area (Å²) in [5, 5.41) is 14.6. The van der Waals surface area contributed by atoms with Gasteiger partial charge in [-0.15, -0.1) is 0 Å². The number of hydrogen-bond acceptors (Lipinski definition) is 7. The molecule has 0 aliphatic carbocycles. The van der Waals surface area contributed by atoms with Crippen molar-refractivity contribution in [1.82, 2.24) is 20.3 Å². The molecule has 0 bridgehead atoms. The van der Waals surface area contributed by atoms with Crippen molar-refractivity contribution in [2.75, 3.05) is 38.2 Å². The van der Waals surface area contributed by atoms with Gasteiger partial charge < -0.3 is 25.0 Å². The molecule has 8 nitrogen and oxygen atoms in total. The van der Waals surface area contributed by atoms with E-state index in [-0.39, 0.29) is 11.4 Å². The van der Waals surface area contributed by atoms with E-state index >= 15 is 0 Å². The van der Waals surface area contributed by atoms with E-state index < -0.39 is 5.82 Å². The molecule has 5 rings (SSSR count). The molecule has 0 spiro atoms. The second-order valence-corrected chi connectivity index (χ2v) is 8.09. The number of halogens is 1. The van der Waals surface area contributed by atoms with Crippen LogP contribution in [0.5, 0.6) is 11.6 Å². The number of H-pyrrole nitrogens is 1. The molecule has 0 radical (unpaired) electrons. The predicted molar refractivity (Wildman–Crippen MR) is 131 cm³/mol. The highest BCUT2D eigenvalue weighted by molar-refractivity contribution is 6.13. The highest BCUT2D eigenvalue weighted by atomic mass is 19.1. The topological polar surface area (TPSA) is 98.7 Å². The number of nitrogens with one attached hydrogen (secondary N) is 2. The molecule has 1 saturated heterocycles. The zero-order valence-electron chi connectivity index (χ0n) is 19.0. The lowest BCUT2D eigenvalue weighted by Gasteiger charge is -2.28. The van der Waals surface area contributed by atoms with Crippen molar-refractivity contribution in [1.29, 1.82) is 0 Å². The Bertz CT molecular complexity index is 1360. The maximum atomic E-state index is 14.6. The molecule has 0 unspecified atom stereocenters. The summed E-state index contributed by atoms with van der Waals surface area (Å²) in [7, 11) is 1.49. The fourth-order valence-corrected chi connectivity index (χ4v) is 4.28. The third-order valence-electron chi connectivity index (χ3n) is 5.95. The summed E-state index contributed by atoms with van der Waals surface area (Å²) in [5.41, 5.74) is 3.08. The van der Waals surface area contributed by atoms with Crippen LogP contribution in [0.25, 0.3) is 22.2 Å². The quantitative estimate of drug-likeness (QED) is 0.389. The molecule has 3 aromatic heterocycles. The van der Waals surface area contributed by atoms with Crippen LogP contribution >= 0.6 is 0 Å². The number of anilines is 1. The standard InChI is InChI=1S/C25H25FN6O2/c1-15(30-16-6-7-22(29-13-16)32-10-8-27-9-11-32)23-17-12-19(28-14-20(17)31-25(23)33)24-18(26)4-3-5-21(24)34-2/h3-7,12-14,27,31,33H,8-11H2,1-2H3. The van der Waals surface area contributed by atoms with Crippen molar-refractivity contribution in [2.24, 2.45) is 4.99 Å². The van der Waals surface area contributed by atoms with Crippen LogP contribution in [0.3, 0.4) is 0 Å². The first-order chi connectivity index (χ1) is 16.5. The summed E-state index contributed by atoms with van der Waals surface area (Å²) < 4.78 is 20.0. The molecule has 1 aromatic carbocycles. The lowest BCUT2D eigenvalue weighted by molar-refractivity contribution is 0.413. The number of nitrogens with zero attached hydrogens (tertiary/aromatic N) is 4. The minimum Gasteiger partial charge on any atom is -0.496 e. The lowest BCUT2D eigenvalue weighted by Crippen LogP contribution is -2.43. The smallest absolute Gasteiger partial charge is 0.198 e. The average Bonchev–Trinajstić information content (AvgIpc) is 3.19. The van der Waals surface area contributed by atoms with Gasteiger partial charge in [0.15, 0.2) is 5.88 Å². The summed E-state index contributed by atoms with van der Waals surface area (Å²) in [6.07, 6.45) is 3.29. The third kappa shape index (κ3) is 4.06. The molecule has 3 N–H and O–H groups in total. The molecule has 0 amide bonds. The van der Waals surface area contributed by atoms with Crippen molar-refractivity contribution in [3.05, 3.63) is 60.2 Å². The van der Waals surface area contributed by atoms with Crippen LogP contribution in [0.4, 0.5) is 15.9 Å². The molecule has 1 aliphatic heterocycles. The van der Waals surface area contributed by atoms with Gasteiger partial charge in [0, 0.05) is 31.6 Å². The van der Waals surface area contributed by atoms with Crippen LogP contribution in [-0.2, 0) is 0 Å². The SMILES string of the molecule is COc1cccc(F)c1-c1cc2c(C(C)=Nc3ccc(N4CCNCC4)nc3)c(O)[nH]c2cn1. The lowest BCUT2D eigenvalue weighted by atomic mass is 10.0. The van der Waals surface area contributed by atoms with Crippen LogP contribution in [0.2, 0.25) is 0 Å². The monoisotopic (exact) mass is 460 g/mol. The molecule has 1 fully saturated rings. The van der Waals surface area contributed by atoms with E-state index in [2.05, 4.69) is 30.2 Å². The first-order valence-corrected chi connectivity index (χ1v) is 11.1. The van der Waals surface area contributed by atoms with Gasteiger partial charge in [-0.25, -0.2) is 9.37 Å². The van der Waals surface area contributed by atoms with Crippen molar-refractivity contribution >= 4 is 28.1 Å². The number of aromatic amines is 1. The molecule has 9 heteroatoms. The molecule has 174 valence electrons. The molecule has 4 aromatic rings. The van der Waals surface area contributed by atoms with Gasteiger partial charge in [-0.05, 0) is 37.3 Å². The van der Waals surface area contributed by atoms with Crippen LogP contribution in [0.1, 0.15) is 12.5 Å². The molecular weight excluding hydrogens is 435 g/mol. The Hall–Kier alpha value is -3.98. The van der Waals surface area contributed by atoms with Crippen LogP contribution in [-0.4, -0.2) is 59.1 Å². The average molecular weight is 461 g/mol. The van der Waals surface area contributed by atoms with Gasteiger partial charge >= 0.3 is 0 Å². The number of fused-ring (bicyclic) bond motifs is 1. The number of piperazine rings is 1. The number of benzene rings is 1. The van der Waals surface area contributed by atoms with E-state index in [1.807, 2.05) is 19.1 Å². The van der Waals surface area contributed by atoms with Crippen molar-refractivity contribution in [3.8, 4) is 22.9 Å². The van der Waals surface area contributed by atoms with Gasteiger partial charge in [-0.1, -0.05) is 6.07 Å². The van der Waals surface area contributed by atoms with E-state index in [9.17, 15) is 9.50 Å². The highest BCUT2D eigenvalue weighted by Crippen LogP contribution is 2.35. The maximum Gasteiger partial charge on any atom is 0.198 e. The highest BCUT2D eigenvalue weighted by Gasteiger charge is 2.19. The Morgan fingerprint density at radius 2 is 1.97 bits per heavy atom. The number of methoxy groups -OCH3 is 1. The predicted octanol–water partition coefficient (Wildman–Crippen LogP) is 4.03. The van der Waals surface area contributed by atoms with E-state index in [0.717, 1.165) is 32.0 Å². The second-order valence-electron chi connectivity index (χ2n) is 8.09. The van der Waals surface area contributed by atoms with Crippen molar-refractivity contribution < 1.29 is 14.2 Å². The molecule has 1 aliphatic rings. The summed E-state index contributed by atoms with van der Waals surface area (Å²) in [6, 6.07) is 10.2. The first kappa shape index (κ1) is 21.8. The van der Waals surface area contributed by atoms with E-state index in [0.29, 0.717) is 39.3 Å². The fraction of sp³-hybridized carbons (Fsp3) is 0.240. The van der Waals surface area contributed by atoms with Gasteiger partial charge in [-0.2, -0.15) is 0 Å². The minimum absolute atomic E-state index is 0.0268. The van der Waals surface area contributed by atoms with Gasteiger partial charge in [0.25, 0.3) is 0 Å². The van der Waals surface area contributed by atoms with Gasteiger partial charge in [0.05, 0.1) is 53.2 Å². The Morgan fingerprint density at radius 1 is 1.15 bits per heavy atom. The van der Waals surface area contributed by atoms with Gasteiger partial charge in [0.1, 0.15) is 17.4 Å². The normalized spacial score (nSPS) is 14.6. The second kappa shape index (κ2) is 9.11. The number of hydrogen-bond donors (Lipinski definition) is 3. The Kier molecular flexibility index (Phi) is 5.85. The van der Waals surface area contributed by atoms with Crippen molar-refractivity contribution in [3.63, 3.8) is 0 Å². The first-order valence-electron chi connectivity index (χ1n) is 11.1. The number of aromatic hydroxyl groups is 1. The summed E-state index contributed by atoms with van der Waals surface area (Å²) in [5.74, 6) is 0.839. The van der Waals surface area contributed by atoms with Gasteiger partial charge in [-0.3, -0.25) is 9.98 Å². The zero-order chi connectivity index (χ0) is 23.7. The Balaban J connectivity index is 1.51.